The van der Waals surface area contributed by atoms with Gasteiger partial charge < -0.3 is 5.32 Å². The van der Waals surface area contributed by atoms with Crippen LogP contribution in [0.2, 0.25) is 5.02 Å². The van der Waals surface area contributed by atoms with Gasteiger partial charge in [-0.25, -0.2) is 4.98 Å². The maximum atomic E-state index is 5.97. The standard InChI is InChI=1S/C15H17ClN2.ClH/c16-12-7-8-14-11(10-12)6-9-15(18-14)17-13-4-2-1-3-5-13;/h6-10,13H,1-5H2,(H,17,18);1H. The van der Waals surface area contributed by atoms with Gasteiger partial charge in [0.25, 0.3) is 0 Å². The molecule has 0 aliphatic heterocycles. The molecule has 0 radical (unpaired) electrons. The van der Waals surface area contributed by atoms with Gasteiger partial charge in [0.05, 0.1) is 5.52 Å². The van der Waals surface area contributed by atoms with E-state index in [9.17, 15) is 0 Å². The highest BCUT2D eigenvalue weighted by Gasteiger charge is 2.13. The first-order chi connectivity index (χ1) is 8.81. The van der Waals surface area contributed by atoms with E-state index in [1.165, 1.54) is 32.1 Å². The van der Waals surface area contributed by atoms with E-state index in [0.717, 1.165) is 21.7 Å². The van der Waals surface area contributed by atoms with Crippen LogP contribution in [0.25, 0.3) is 10.9 Å². The molecule has 1 fully saturated rings. The molecule has 2 nitrogen and oxygen atoms in total. The molecule has 1 N–H and O–H groups in total. The van der Waals surface area contributed by atoms with Crippen molar-refractivity contribution in [3.8, 4) is 0 Å². The van der Waals surface area contributed by atoms with Crippen LogP contribution < -0.4 is 5.32 Å². The second kappa shape index (κ2) is 6.44. The first-order valence-corrected chi connectivity index (χ1v) is 7.02. The van der Waals surface area contributed by atoms with E-state index in [0.29, 0.717) is 6.04 Å². The number of nitrogens with one attached hydrogen (secondary N) is 1. The minimum atomic E-state index is 0. The second-order valence-electron chi connectivity index (χ2n) is 5.01. The minimum Gasteiger partial charge on any atom is -0.367 e. The fourth-order valence-electron chi connectivity index (χ4n) is 2.63. The maximum absolute atomic E-state index is 5.97. The monoisotopic (exact) mass is 296 g/mol. The maximum Gasteiger partial charge on any atom is 0.126 e. The summed E-state index contributed by atoms with van der Waals surface area (Å²) in [6, 6.07) is 10.5. The fraction of sp³-hybridized carbons (Fsp3) is 0.400. The lowest BCUT2D eigenvalue weighted by atomic mass is 9.95. The molecule has 3 rings (SSSR count). The third kappa shape index (κ3) is 3.52. The van der Waals surface area contributed by atoms with Crippen molar-refractivity contribution in [2.75, 3.05) is 5.32 Å². The van der Waals surface area contributed by atoms with E-state index in [2.05, 4.69) is 16.4 Å². The van der Waals surface area contributed by atoms with E-state index in [1.807, 2.05) is 24.3 Å². The van der Waals surface area contributed by atoms with Crippen LogP contribution in [-0.2, 0) is 0 Å². The number of hydrogen-bond acceptors (Lipinski definition) is 2. The van der Waals surface area contributed by atoms with Crippen LogP contribution in [0.3, 0.4) is 0 Å². The number of pyridine rings is 1. The zero-order valence-electron chi connectivity index (χ0n) is 10.7. The summed E-state index contributed by atoms with van der Waals surface area (Å²) in [6.07, 6.45) is 6.57. The molecule has 1 aliphatic carbocycles. The number of fused-ring (bicyclic) bond motifs is 1. The molecule has 0 bridgehead atoms. The normalized spacial score (nSPS) is 16.1. The van der Waals surface area contributed by atoms with Crippen LogP contribution in [0.4, 0.5) is 5.82 Å². The quantitative estimate of drug-likeness (QED) is 0.838. The van der Waals surface area contributed by atoms with Crippen molar-refractivity contribution in [3.63, 3.8) is 0 Å². The van der Waals surface area contributed by atoms with Crippen molar-refractivity contribution >= 4 is 40.7 Å². The zero-order valence-corrected chi connectivity index (χ0v) is 12.3. The van der Waals surface area contributed by atoms with Crippen LogP contribution in [0.1, 0.15) is 32.1 Å². The molecule has 1 heterocycles. The number of nitrogens with zero attached hydrogens (tertiary/aromatic N) is 1. The lowest BCUT2D eigenvalue weighted by Gasteiger charge is -2.23. The lowest BCUT2D eigenvalue weighted by Crippen LogP contribution is -2.22. The highest BCUT2D eigenvalue weighted by Crippen LogP contribution is 2.23. The molecule has 102 valence electrons. The van der Waals surface area contributed by atoms with Gasteiger partial charge in [-0.15, -0.1) is 12.4 Å². The summed E-state index contributed by atoms with van der Waals surface area (Å²) in [7, 11) is 0. The zero-order chi connectivity index (χ0) is 12.4. The molecule has 2 aromatic rings. The van der Waals surface area contributed by atoms with Crippen molar-refractivity contribution in [1.82, 2.24) is 4.98 Å². The van der Waals surface area contributed by atoms with E-state index in [1.54, 1.807) is 0 Å². The smallest absolute Gasteiger partial charge is 0.126 e. The van der Waals surface area contributed by atoms with Crippen LogP contribution in [0.15, 0.2) is 30.3 Å². The summed E-state index contributed by atoms with van der Waals surface area (Å²) in [5.41, 5.74) is 1.00. The van der Waals surface area contributed by atoms with Crippen molar-refractivity contribution in [1.29, 1.82) is 0 Å². The minimum absolute atomic E-state index is 0. The van der Waals surface area contributed by atoms with Crippen molar-refractivity contribution in [2.45, 2.75) is 38.1 Å². The highest BCUT2D eigenvalue weighted by atomic mass is 35.5. The first-order valence-electron chi connectivity index (χ1n) is 6.64. The Morgan fingerprint density at radius 2 is 1.84 bits per heavy atom. The average molecular weight is 297 g/mol. The molecule has 1 aromatic carbocycles. The van der Waals surface area contributed by atoms with E-state index >= 15 is 0 Å². The molecule has 0 unspecified atom stereocenters. The van der Waals surface area contributed by atoms with Crippen LogP contribution in [0, 0.1) is 0 Å². The molecular weight excluding hydrogens is 279 g/mol. The highest BCUT2D eigenvalue weighted by molar-refractivity contribution is 6.31. The molecule has 0 amide bonds. The van der Waals surface area contributed by atoms with Crippen molar-refractivity contribution in [2.24, 2.45) is 0 Å². The van der Waals surface area contributed by atoms with Gasteiger partial charge in [-0.2, -0.15) is 0 Å². The van der Waals surface area contributed by atoms with E-state index in [-0.39, 0.29) is 12.4 Å². The largest absolute Gasteiger partial charge is 0.367 e. The summed E-state index contributed by atoms with van der Waals surface area (Å²) >= 11 is 5.97. The summed E-state index contributed by atoms with van der Waals surface area (Å²) < 4.78 is 0. The SMILES string of the molecule is Cl.Clc1ccc2nc(NC3CCCCC3)ccc2c1. The fourth-order valence-corrected chi connectivity index (χ4v) is 2.81. The molecule has 1 aliphatic rings. The topological polar surface area (TPSA) is 24.9 Å². The van der Waals surface area contributed by atoms with E-state index in [4.69, 9.17) is 11.6 Å². The van der Waals surface area contributed by atoms with Gasteiger partial charge in [-0.05, 0) is 43.2 Å². The summed E-state index contributed by atoms with van der Waals surface area (Å²) in [6.45, 7) is 0. The molecular formula is C15H18Cl2N2. The van der Waals surface area contributed by atoms with Crippen LogP contribution in [-0.4, -0.2) is 11.0 Å². The third-order valence-corrected chi connectivity index (χ3v) is 3.84. The Morgan fingerprint density at radius 3 is 2.63 bits per heavy atom. The van der Waals surface area contributed by atoms with Gasteiger partial charge >= 0.3 is 0 Å². The van der Waals surface area contributed by atoms with Crippen LogP contribution >= 0.6 is 24.0 Å². The average Bonchev–Trinajstić information content (AvgIpc) is 2.40. The third-order valence-electron chi connectivity index (χ3n) is 3.61. The molecule has 0 saturated heterocycles. The summed E-state index contributed by atoms with van der Waals surface area (Å²) in [4.78, 5) is 4.64. The Balaban J connectivity index is 0.00000133. The predicted octanol–water partition coefficient (Wildman–Crippen LogP) is 5.05. The van der Waals surface area contributed by atoms with Gasteiger partial charge in [-0.3, -0.25) is 0 Å². The van der Waals surface area contributed by atoms with Crippen molar-refractivity contribution < 1.29 is 0 Å². The lowest BCUT2D eigenvalue weighted by molar-refractivity contribution is 0.462. The van der Waals surface area contributed by atoms with Crippen LogP contribution in [0.5, 0.6) is 0 Å². The summed E-state index contributed by atoms with van der Waals surface area (Å²) in [5.74, 6) is 0.983. The Hall–Kier alpha value is -0.990. The number of anilines is 1. The number of aromatic nitrogens is 1. The Kier molecular flexibility index (Phi) is 4.89. The van der Waals surface area contributed by atoms with Gasteiger partial charge in [-0.1, -0.05) is 30.9 Å². The van der Waals surface area contributed by atoms with Crippen molar-refractivity contribution in [3.05, 3.63) is 35.4 Å². The van der Waals surface area contributed by atoms with Gasteiger partial charge in [0, 0.05) is 16.5 Å². The second-order valence-corrected chi connectivity index (χ2v) is 5.45. The number of halogens is 2. The number of rotatable bonds is 2. The first kappa shape index (κ1) is 14.4. The Labute approximate surface area is 125 Å². The number of hydrogen-bond donors (Lipinski definition) is 1. The Morgan fingerprint density at radius 1 is 1.05 bits per heavy atom. The molecule has 1 aromatic heterocycles. The summed E-state index contributed by atoms with van der Waals surface area (Å²) in [5, 5.41) is 5.40. The van der Waals surface area contributed by atoms with Gasteiger partial charge in [0.15, 0.2) is 0 Å². The van der Waals surface area contributed by atoms with Gasteiger partial charge in [0.1, 0.15) is 5.82 Å². The molecule has 4 heteroatoms. The predicted molar refractivity (Wildman–Crippen MR) is 84.5 cm³/mol. The Bertz CT molecular complexity index is 551. The van der Waals surface area contributed by atoms with Gasteiger partial charge in [0.2, 0.25) is 0 Å². The molecule has 0 atom stereocenters. The molecule has 0 spiro atoms. The molecule has 19 heavy (non-hydrogen) atoms. The molecule has 1 saturated carbocycles. The number of benzene rings is 1. The van der Waals surface area contributed by atoms with E-state index < -0.39 is 0 Å².